The van der Waals surface area contributed by atoms with Crippen molar-refractivity contribution in [3.05, 3.63) is 71.7 Å². The molecule has 186 valence electrons. The fourth-order valence-corrected chi connectivity index (χ4v) is 6.16. The van der Waals surface area contributed by atoms with Crippen molar-refractivity contribution in [1.29, 1.82) is 0 Å². The Bertz CT molecular complexity index is 1210. The second-order valence-corrected chi connectivity index (χ2v) is 10.9. The summed E-state index contributed by atoms with van der Waals surface area (Å²) in [5, 5.41) is 0.749. The minimum Gasteiger partial charge on any atom is -0.338 e. The van der Waals surface area contributed by atoms with E-state index in [1.54, 1.807) is 6.20 Å². The summed E-state index contributed by atoms with van der Waals surface area (Å²) in [6.07, 6.45) is 9.37. The van der Waals surface area contributed by atoms with Gasteiger partial charge in [0.2, 0.25) is 5.95 Å². The Morgan fingerprint density at radius 2 is 1.69 bits per heavy atom. The number of amides is 1. The highest BCUT2D eigenvalue weighted by Gasteiger charge is 2.29. The smallest absolute Gasteiger partial charge is 0.256 e. The predicted molar refractivity (Wildman–Crippen MR) is 142 cm³/mol. The van der Waals surface area contributed by atoms with Crippen molar-refractivity contribution in [2.24, 2.45) is 0 Å². The third-order valence-electron chi connectivity index (χ3n) is 7.65. The maximum atomic E-state index is 13.6. The van der Waals surface area contributed by atoms with Gasteiger partial charge < -0.3 is 9.80 Å². The molecule has 1 amide bonds. The standard InChI is InChI=1S/C28H32N6OS/c35-27(24-10-5-13-29-26(24)36-23-8-2-1-3-9-23)33-14-11-21-20-30-28(31-25(21)12-15-33)34-18-16-32(17-19-34)22-6-4-7-22/h1-3,5,8-10,13,20,22H,4,6-7,11-12,14-19H2. The molecule has 1 saturated carbocycles. The highest BCUT2D eigenvalue weighted by Crippen LogP contribution is 2.30. The van der Waals surface area contributed by atoms with Gasteiger partial charge in [-0.3, -0.25) is 9.69 Å². The molecule has 0 bridgehead atoms. The zero-order valence-electron chi connectivity index (χ0n) is 20.6. The molecule has 7 nitrogen and oxygen atoms in total. The van der Waals surface area contributed by atoms with Gasteiger partial charge in [0, 0.05) is 69.0 Å². The normalized spacial score (nSPS) is 18.9. The number of benzene rings is 1. The van der Waals surface area contributed by atoms with Gasteiger partial charge in [-0.25, -0.2) is 15.0 Å². The van der Waals surface area contributed by atoms with Crippen LogP contribution in [-0.4, -0.2) is 76.0 Å². The van der Waals surface area contributed by atoms with Crippen LogP contribution in [0, 0.1) is 0 Å². The van der Waals surface area contributed by atoms with Crippen molar-refractivity contribution < 1.29 is 4.79 Å². The van der Waals surface area contributed by atoms with E-state index in [1.165, 1.54) is 31.0 Å². The molecule has 0 spiro atoms. The number of fused-ring (bicyclic) bond motifs is 1. The lowest BCUT2D eigenvalue weighted by molar-refractivity contribution is 0.0758. The lowest BCUT2D eigenvalue weighted by Gasteiger charge is -2.43. The minimum atomic E-state index is 0.0367. The van der Waals surface area contributed by atoms with Crippen LogP contribution in [0.1, 0.15) is 40.9 Å². The Morgan fingerprint density at radius 3 is 2.47 bits per heavy atom. The van der Waals surface area contributed by atoms with E-state index >= 15 is 0 Å². The van der Waals surface area contributed by atoms with Crippen molar-refractivity contribution in [2.75, 3.05) is 44.2 Å². The number of carbonyl (C=O) groups excluding carboxylic acids is 1. The van der Waals surface area contributed by atoms with E-state index in [0.29, 0.717) is 18.7 Å². The molecule has 36 heavy (non-hydrogen) atoms. The van der Waals surface area contributed by atoms with Crippen LogP contribution in [0.3, 0.4) is 0 Å². The van der Waals surface area contributed by atoms with Gasteiger partial charge in [0.05, 0.1) is 11.3 Å². The molecule has 6 rings (SSSR count). The molecule has 0 atom stereocenters. The molecular formula is C28H32N6OS. The van der Waals surface area contributed by atoms with Gasteiger partial charge in [-0.2, -0.15) is 0 Å². The molecule has 1 saturated heterocycles. The van der Waals surface area contributed by atoms with E-state index in [-0.39, 0.29) is 5.91 Å². The number of anilines is 1. The van der Waals surface area contributed by atoms with E-state index in [2.05, 4.69) is 14.8 Å². The number of hydrogen-bond donors (Lipinski definition) is 0. The van der Waals surface area contributed by atoms with Crippen LogP contribution in [0.25, 0.3) is 0 Å². The summed E-state index contributed by atoms with van der Waals surface area (Å²) in [7, 11) is 0. The summed E-state index contributed by atoms with van der Waals surface area (Å²) < 4.78 is 0. The Balaban J connectivity index is 1.12. The number of rotatable bonds is 5. The molecule has 3 aromatic rings. The molecule has 1 aliphatic carbocycles. The van der Waals surface area contributed by atoms with Crippen LogP contribution in [0.15, 0.2) is 64.8 Å². The summed E-state index contributed by atoms with van der Waals surface area (Å²) >= 11 is 1.53. The molecule has 3 aliphatic rings. The number of nitrogens with zero attached hydrogens (tertiary/aromatic N) is 6. The topological polar surface area (TPSA) is 65.5 Å². The van der Waals surface area contributed by atoms with Crippen LogP contribution in [0.2, 0.25) is 0 Å². The van der Waals surface area contributed by atoms with Gasteiger partial charge >= 0.3 is 0 Å². The first-order valence-electron chi connectivity index (χ1n) is 13.1. The zero-order valence-corrected chi connectivity index (χ0v) is 21.4. The molecule has 2 aliphatic heterocycles. The van der Waals surface area contributed by atoms with E-state index in [4.69, 9.17) is 9.97 Å². The molecule has 2 aromatic heterocycles. The maximum Gasteiger partial charge on any atom is 0.256 e. The average molecular weight is 501 g/mol. The van der Waals surface area contributed by atoms with Crippen molar-refractivity contribution >= 4 is 23.6 Å². The van der Waals surface area contributed by atoms with E-state index in [9.17, 15) is 4.79 Å². The fraction of sp³-hybridized carbons (Fsp3) is 0.429. The van der Waals surface area contributed by atoms with E-state index in [1.807, 2.05) is 53.6 Å². The van der Waals surface area contributed by atoms with Gasteiger partial charge in [-0.1, -0.05) is 36.4 Å². The number of pyridine rings is 1. The molecule has 0 radical (unpaired) electrons. The largest absolute Gasteiger partial charge is 0.338 e. The number of carbonyl (C=O) groups is 1. The van der Waals surface area contributed by atoms with Crippen molar-refractivity contribution in [3.63, 3.8) is 0 Å². The molecule has 1 aromatic carbocycles. The average Bonchev–Trinajstić information content (AvgIpc) is 3.11. The van der Waals surface area contributed by atoms with Crippen LogP contribution in [-0.2, 0) is 12.8 Å². The first-order chi connectivity index (χ1) is 17.7. The summed E-state index contributed by atoms with van der Waals surface area (Å²) in [4.78, 5) is 35.8. The summed E-state index contributed by atoms with van der Waals surface area (Å²) in [6.45, 7) is 5.50. The highest BCUT2D eigenvalue weighted by molar-refractivity contribution is 7.99. The van der Waals surface area contributed by atoms with Gasteiger partial charge in [-0.05, 0) is 49.1 Å². The van der Waals surface area contributed by atoms with Crippen LogP contribution >= 0.6 is 11.8 Å². The minimum absolute atomic E-state index is 0.0367. The maximum absolute atomic E-state index is 13.6. The summed E-state index contributed by atoms with van der Waals surface area (Å²) in [5.74, 6) is 0.880. The number of aromatic nitrogens is 3. The molecule has 2 fully saturated rings. The third-order valence-corrected chi connectivity index (χ3v) is 8.67. The third kappa shape index (κ3) is 4.97. The second kappa shape index (κ2) is 10.6. The Hall–Kier alpha value is -2.97. The Morgan fingerprint density at radius 1 is 0.889 bits per heavy atom. The van der Waals surface area contributed by atoms with Gasteiger partial charge in [0.25, 0.3) is 5.91 Å². The quantitative estimate of drug-likeness (QED) is 0.526. The monoisotopic (exact) mass is 500 g/mol. The molecular weight excluding hydrogens is 468 g/mol. The van der Waals surface area contributed by atoms with Crippen LogP contribution in [0.5, 0.6) is 0 Å². The van der Waals surface area contributed by atoms with Crippen LogP contribution < -0.4 is 4.90 Å². The molecule has 0 N–H and O–H groups in total. The highest BCUT2D eigenvalue weighted by atomic mass is 32.2. The fourth-order valence-electron chi connectivity index (χ4n) is 5.26. The SMILES string of the molecule is O=C(c1cccnc1Sc1ccccc1)N1CCc2cnc(N3CCN(C4CCC4)CC3)nc2CC1. The lowest BCUT2D eigenvalue weighted by atomic mass is 9.91. The van der Waals surface area contributed by atoms with E-state index in [0.717, 1.165) is 72.2 Å². The van der Waals surface area contributed by atoms with Crippen molar-refractivity contribution in [1.82, 2.24) is 24.8 Å². The number of piperazine rings is 1. The summed E-state index contributed by atoms with van der Waals surface area (Å²) in [5.41, 5.74) is 2.91. The second-order valence-electron chi connectivity index (χ2n) is 9.81. The first-order valence-corrected chi connectivity index (χ1v) is 13.9. The zero-order chi connectivity index (χ0) is 24.3. The van der Waals surface area contributed by atoms with Gasteiger partial charge in [-0.15, -0.1) is 0 Å². The van der Waals surface area contributed by atoms with Crippen LogP contribution in [0.4, 0.5) is 5.95 Å². The first kappa shape index (κ1) is 23.4. The Kier molecular flexibility index (Phi) is 6.88. The number of hydrogen-bond acceptors (Lipinski definition) is 7. The van der Waals surface area contributed by atoms with Gasteiger partial charge in [0.1, 0.15) is 5.03 Å². The summed E-state index contributed by atoms with van der Waals surface area (Å²) in [6, 6.07) is 14.6. The molecule has 4 heterocycles. The van der Waals surface area contributed by atoms with Crippen molar-refractivity contribution in [3.8, 4) is 0 Å². The lowest BCUT2D eigenvalue weighted by Crippen LogP contribution is -2.52. The molecule has 0 unspecified atom stereocenters. The predicted octanol–water partition coefficient (Wildman–Crippen LogP) is 3.94. The van der Waals surface area contributed by atoms with Gasteiger partial charge in [0.15, 0.2) is 0 Å². The van der Waals surface area contributed by atoms with Crippen molar-refractivity contribution in [2.45, 2.75) is 48.1 Å². The Labute approximate surface area is 216 Å². The van der Waals surface area contributed by atoms with E-state index < -0.39 is 0 Å². The molecule has 8 heteroatoms.